The van der Waals surface area contributed by atoms with Gasteiger partial charge in [-0.25, -0.2) is 9.36 Å². The zero-order valence-corrected chi connectivity index (χ0v) is 14.5. The number of rotatable bonds is 5. The second kappa shape index (κ2) is 6.84. The van der Waals surface area contributed by atoms with Gasteiger partial charge in [0.05, 0.1) is 0 Å². The smallest absolute Gasteiger partial charge is 0.246 e. The number of hydrogen-bond donors (Lipinski definition) is 1. The number of carbonyl (C=O) groups excluding carboxylic acids is 1. The fourth-order valence-corrected chi connectivity index (χ4v) is 2.94. The van der Waals surface area contributed by atoms with Crippen LogP contribution in [0.2, 0.25) is 0 Å². The first-order valence-corrected chi connectivity index (χ1v) is 8.19. The minimum absolute atomic E-state index is 0.0754. The van der Waals surface area contributed by atoms with E-state index in [1.807, 2.05) is 60.4 Å². The highest BCUT2D eigenvalue weighted by atomic mass is 32.1. The van der Waals surface area contributed by atoms with Gasteiger partial charge in [0.25, 0.3) is 0 Å². The molecule has 6 nitrogen and oxygen atoms in total. The molecule has 0 saturated carbocycles. The van der Waals surface area contributed by atoms with Gasteiger partial charge in [0.15, 0.2) is 0 Å². The molecule has 0 unspecified atom stereocenters. The number of anilines is 1. The third kappa shape index (κ3) is 3.16. The van der Waals surface area contributed by atoms with Crippen LogP contribution in [0, 0.1) is 11.7 Å². The third-order valence-corrected chi connectivity index (χ3v) is 4.14. The minimum atomic E-state index is -0.149. The Kier molecular flexibility index (Phi) is 4.61. The summed E-state index contributed by atoms with van der Waals surface area (Å²) in [5.74, 6) is 0.571. The van der Waals surface area contributed by atoms with Crippen molar-refractivity contribution in [1.82, 2.24) is 19.1 Å². The predicted molar refractivity (Wildman–Crippen MR) is 95.5 cm³/mol. The van der Waals surface area contributed by atoms with Crippen LogP contribution in [0.4, 0.5) is 5.69 Å². The van der Waals surface area contributed by atoms with Gasteiger partial charge in [-0.05, 0) is 49.3 Å². The van der Waals surface area contributed by atoms with Crippen molar-refractivity contribution >= 4 is 23.8 Å². The Morgan fingerprint density at radius 2 is 1.92 bits per heavy atom. The van der Waals surface area contributed by atoms with Gasteiger partial charge in [-0.15, -0.1) is 0 Å². The van der Waals surface area contributed by atoms with Crippen molar-refractivity contribution in [2.45, 2.75) is 26.8 Å². The maximum atomic E-state index is 12.4. The van der Waals surface area contributed by atoms with E-state index in [0.29, 0.717) is 4.77 Å². The molecule has 2 heterocycles. The molecule has 0 bridgehead atoms. The molecule has 0 aliphatic rings. The van der Waals surface area contributed by atoms with Crippen LogP contribution in [0.25, 0.3) is 0 Å². The van der Waals surface area contributed by atoms with Crippen LogP contribution in [-0.4, -0.2) is 25.0 Å². The first kappa shape index (κ1) is 16.2. The molecule has 2 aromatic heterocycles. The molecule has 0 aliphatic heterocycles. The molecule has 0 radical (unpaired) electrons. The van der Waals surface area contributed by atoms with Crippen LogP contribution in [0.5, 0.6) is 0 Å². The van der Waals surface area contributed by atoms with Gasteiger partial charge >= 0.3 is 0 Å². The summed E-state index contributed by atoms with van der Waals surface area (Å²) >= 11 is 5.46. The van der Waals surface area contributed by atoms with Gasteiger partial charge in [0, 0.05) is 18.1 Å². The van der Waals surface area contributed by atoms with Crippen molar-refractivity contribution < 1.29 is 4.79 Å². The monoisotopic (exact) mass is 341 g/mol. The summed E-state index contributed by atoms with van der Waals surface area (Å²) < 4.78 is 5.63. The number of aromatic nitrogens is 4. The molecular weight excluding hydrogens is 322 g/mol. The lowest BCUT2D eigenvalue weighted by Gasteiger charge is -2.09. The van der Waals surface area contributed by atoms with Crippen molar-refractivity contribution in [3.63, 3.8) is 0 Å². The van der Waals surface area contributed by atoms with Gasteiger partial charge < -0.3 is 5.32 Å². The number of carbonyl (C=O) groups is 1. The summed E-state index contributed by atoms with van der Waals surface area (Å²) in [6.07, 6.45) is 4.62. The van der Waals surface area contributed by atoms with E-state index in [-0.39, 0.29) is 12.5 Å². The summed E-state index contributed by atoms with van der Waals surface area (Å²) in [5.41, 5.74) is 1.93. The lowest BCUT2D eigenvalue weighted by Crippen LogP contribution is -2.20. The van der Waals surface area contributed by atoms with E-state index in [4.69, 9.17) is 12.2 Å². The maximum Gasteiger partial charge on any atom is 0.246 e. The summed E-state index contributed by atoms with van der Waals surface area (Å²) in [7, 11) is 0. The van der Waals surface area contributed by atoms with Crippen molar-refractivity contribution in [2.75, 3.05) is 5.32 Å². The molecule has 0 atom stereocenters. The van der Waals surface area contributed by atoms with Crippen LogP contribution >= 0.6 is 12.2 Å². The van der Waals surface area contributed by atoms with Crippen molar-refractivity contribution in [3.8, 4) is 0 Å². The van der Waals surface area contributed by atoms with Gasteiger partial charge in [0.1, 0.15) is 12.4 Å². The quantitative estimate of drug-likeness (QED) is 0.726. The van der Waals surface area contributed by atoms with E-state index < -0.39 is 0 Å². The molecule has 7 heteroatoms. The van der Waals surface area contributed by atoms with E-state index in [0.717, 1.165) is 23.5 Å². The Hall–Kier alpha value is -2.67. The molecule has 0 saturated heterocycles. The Morgan fingerprint density at radius 3 is 2.62 bits per heavy atom. The van der Waals surface area contributed by atoms with Gasteiger partial charge in [0.2, 0.25) is 10.7 Å². The molecular formula is C17H19N5OS. The molecule has 0 aliphatic carbocycles. The number of aryl methyl sites for hydroxylation is 2. The minimum Gasteiger partial charge on any atom is -0.324 e. The lowest BCUT2D eigenvalue weighted by molar-refractivity contribution is -0.116. The Labute approximate surface area is 145 Å². The third-order valence-electron chi connectivity index (χ3n) is 3.76. The largest absolute Gasteiger partial charge is 0.324 e. The highest BCUT2D eigenvalue weighted by molar-refractivity contribution is 7.71. The zero-order valence-electron chi connectivity index (χ0n) is 13.6. The van der Waals surface area contributed by atoms with Crippen molar-refractivity contribution in [2.24, 2.45) is 0 Å². The molecule has 124 valence electrons. The zero-order chi connectivity index (χ0) is 17.1. The molecule has 24 heavy (non-hydrogen) atoms. The Balaban J connectivity index is 1.81. The van der Waals surface area contributed by atoms with Crippen LogP contribution < -0.4 is 5.32 Å². The van der Waals surface area contributed by atoms with Gasteiger partial charge in [-0.2, -0.15) is 5.10 Å². The van der Waals surface area contributed by atoms with Crippen molar-refractivity contribution in [1.29, 1.82) is 0 Å². The predicted octanol–water partition coefficient (Wildman–Crippen LogP) is 3.04. The molecule has 1 N–H and O–H groups in total. The SMILES string of the molecule is CCc1ccccc1NC(=O)Cn1nc(C)n(-n2cccc2)c1=S. The highest BCUT2D eigenvalue weighted by Crippen LogP contribution is 2.15. The van der Waals surface area contributed by atoms with E-state index >= 15 is 0 Å². The molecule has 0 spiro atoms. The molecule has 3 aromatic rings. The van der Waals surface area contributed by atoms with Crippen LogP contribution in [0.15, 0.2) is 48.8 Å². The molecule has 3 rings (SSSR count). The lowest BCUT2D eigenvalue weighted by atomic mass is 10.1. The number of hydrogen-bond acceptors (Lipinski definition) is 3. The van der Waals surface area contributed by atoms with E-state index in [1.54, 1.807) is 4.68 Å². The van der Waals surface area contributed by atoms with Crippen LogP contribution in [0.3, 0.4) is 0 Å². The summed E-state index contributed by atoms with van der Waals surface area (Å²) in [6, 6.07) is 11.6. The molecule has 0 fully saturated rings. The number of nitrogens with zero attached hydrogens (tertiary/aromatic N) is 4. The maximum absolute atomic E-state index is 12.4. The topological polar surface area (TPSA) is 56.8 Å². The molecule has 1 amide bonds. The number of amides is 1. The summed E-state index contributed by atoms with van der Waals surface area (Å²) in [4.78, 5) is 12.4. The standard InChI is InChI=1S/C17H19N5OS/c1-3-14-8-4-5-9-15(14)18-16(23)12-21-17(24)22(13(2)19-21)20-10-6-7-11-20/h4-11H,3,12H2,1-2H3,(H,18,23). The summed E-state index contributed by atoms with van der Waals surface area (Å²) in [5, 5.41) is 7.32. The molecule has 1 aromatic carbocycles. The van der Waals surface area contributed by atoms with Crippen LogP contribution in [0.1, 0.15) is 18.3 Å². The van der Waals surface area contributed by atoms with E-state index in [2.05, 4.69) is 17.3 Å². The Morgan fingerprint density at radius 1 is 1.21 bits per heavy atom. The fourth-order valence-electron chi connectivity index (χ4n) is 2.61. The number of para-hydroxylation sites is 1. The van der Waals surface area contributed by atoms with E-state index in [9.17, 15) is 4.79 Å². The average Bonchev–Trinajstić information content (AvgIpc) is 3.17. The van der Waals surface area contributed by atoms with Crippen LogP contribution in [-0.2, 0) is 17.8 Å². The fraction of sp³-hybridized carbons (Fsp3) is 0.235. The highest BCUT2D eigenvalue weighted by Gasteiger charge is 2.12. The second-order valence-corrected chi connectivity index (χ2v) is 5.79. The Bertz CT molecular complexity index is 907. The van der Waals surface area contributed by atoms with Gasteiger partial charge in [-0.1, -0.05) is 25.1 Å². The number of benzene rings is 1. The van der Waals surface area contributed by atoms with Gasteiger partial charge in [-0.3, -0.25) is 9.47 Å². The first-order chi connectivity index (χ1) is 11.6. The van der Waals surface area contributed by atoms with Crippen molar-refractivity contribution in [3.05, 3.63) is 65.0 Å². The average molecular weight is 341 g/mol. The summed E-state index contributed by atoms with van der Waals surface area (Å²) in [6.45, 7) is 3.99. The number of nitrogens with one attached hydrogen (secondary N) is 1. The second-order valence-electron chi connectivity index (χ2n) is 5.42. The first-order valence-electron chi connectivity index (χ1n) is 7.78. The van der Waals surface area contributed by atoms with E-state index in [1.165, 1.54) is 4.68 Å². The normalized spacial score (nSPS) is 10.8.